The predicted octanol–water partition coefficient (Wildman–Crippen LogP) is 1.73. The maximum atomic E-state index is 12.8. The van der Waals surface area contributed by atoms with Gasteiger partial charge in [0.05, 0.1) is 17.0 Å². The van der Waals surface area contributed by atoms with Gasteiger partial charge < -0.3 is 25.4 Å². The Labute approximate surface area is 232 Å². The van der Waals surface area contributed by atoms with Gasteiger partial charge in [-0.3, -0.25) is 9.59 Å². The second-order valence-corrected chi connectivity index (χ2v) is 11.0. The number of methoxy groups -OCH3 is 1. The first kappa shape index (κ1) is 28.9. The fraction of sp³-hybridized carbons (Fsp3) is 0.333. The van der Waals surface area contributed by atoms with Gasteiger partial charge >= 0.3 is 5.97 Å². The molecule has 13 heteroatoms. The Morgan fingerprint density at radius 3 is 2.38 bits per heavy atom. The zero-order chi connectivity index (χ0) is 28.7. The molecule has 212 valence electrons. The molecule has 0 aliphatic carbocycles. The van der Waals surface area contributed by atoms with Crippen molar-refractivity contribution in [3.8, 4) is 0 Å². The molecule has 1 aliphatic rings. The summed E-state index contributed by atoms with van der Waals surface area (Å²) in [6, 6.07) is 14.5. The van der Waals surface area contributed by atoms with Crippen molar-refractivity contribution in [1.29, 1.82) is 0 Å². The normalized spacial score (nSPS) is 19.9. The molecule has 1 aromatic heterocycles. The molecule has 0 spiro atoms. The number of amides is 1. The Morgan fingerprint density at radius 1 is 1.07 bits per heavy atom. The number of aliphatic carboxylic acids is 1. The highest BCUT2D eigenvalue weighted by molar-refractivity contribution is 7.89. The summed E-state index contributed by atoms with van der Waals surface area (Å²) in [4.78, 5) is 35.1. The average Bonchev–Trinajstić information content (AvgIpc) is 2.97. The van der Waals surface area contributed by atoms with Crippen LogP contribution >= 0.6 is 0 Å². The van der Waals surface area contributed by atoms with Crippen molar-refractivity contribution in [1.82, 2.24) is 20.0 Å². The second kappa shape index (κ2) is 12.9. The van der Waals surface area contributed by atoms with E-state index in [4.69, 9.17) is 4.74 Å². The monoisotopic (exact) mass is 568 g/mol. The first-order valence-electron chi connectivity index (χ1n) is 12.7. The average molecular weight is 569 g/mol. The van der Waals surface area contributed by atoms with Gasteiger partial charge in [-0.2, -0.15) is 4.72 Å². The molecule has 0 radical (unpaired) electrons. The number of nitrogens with zero attached hydrogens (tertiary/aromatic N) is 3. The molecule has 4 N–H and O–H groups in total. The van der Waals surface area contributed by atoms with E-state index in [1.807, 2.05) is 12.1 Å². The van der Waals surface area contributed by atoms with Gasteiger partial charge in [-0.25, -0.2) is 18.4 Å². The number of ether oxygens (including phenoxy) is 1. The van der Waals surface area contributed by atoms with E-state index in [1.54, 1.807) is 43.8 Å². The molecule has 1 fully saturated rings. The molecule has 0 bridgehead atoms. The molecule has 4 atom stereocenters. The largest absolute Gasteiger partial charge is 0.480 e. The number of piperidine rings is 1. The summed E-state index contributed by atoms with van der Waals surface area (Å²) in [5.74, 6) is -1.42. The van der Waals surface area contributed by atoms with Crippen LogP contribution < -0.4 is 20.3 Å². The van der Waals surface area contributed by atoms with Crippen LogP contribution in [0, 0.1) is 0 Å². The van der Waals surface area contributed by atoms with Crippen molar-refractivity contribution in [3.05, 3.63) is 78.6 Å². The number of aromatic nitrogens is 2. The fourth-order valence-corrected chi connectivity index (χ4v) is 5.86. The SMILES string of the molecule is CO[C@H]1CCN(c2ccc(C(=O)NCC(NS(=O)(=O)c3ccccc3)C(=O)O)cc2)[C@H](C)C1Nc1ncccn1. The molecule has 12 nitrogen and oxygen atoms in total. The van der Waals surface area contributed by atoms with Crippen LogP contribution in [0.3, 0.4) is 0 Å². The quantitative estimate of drug-likeness (QED) is 0.268. The van der Waals surface area contributed by atoms with Crippen molar-refractivity contribution in [2.75, 3.05) is 30.4 Å². The van der Waals surface area contributed by atoms with Crippen molar-refractivity contribution in [3.63, 3.8) is 0 Å². The van der Waals surface area contributed by atoms with Gasteiger partial charge in [-0.1, -0.05) is 18.2 Å². The number of rotatable bonds is 11. The first-order chi connectivity index (χ1) is 19.2. The summed E-state index contributed by atoms with van der Waals surface area (Å²) in [6.07, 6.45) is 4.07. The van der Waals surface area contributed by atoms with E-state index in [-0.39, 0.29) is 23.1 Å². The van der Waals surface area contributed by atoms with Gasteiger partial charge in [-0.05, 0) is 55.8 Å². The first-order valence-corrected chi connectivity index (χ1v) is 14.2. The number of benzene rings is 2. The molecule has 1 aliphatic heterocycles. The molecule has 4 rings (SSSR count). The molecular formula is C27H32N6O6S. The Bertz CT molecular complexity index is 1390. The number of hydrogen-bond acceptors (Lipinski definition) is 9. The third kappa shape index (κ3) is 6.92. The van der Waals surface area contributed by atoms with Gasteiger partial charge in [0.2, 0.25) is 16.0 Å². The summed E-state index contributed by atoms with van der Waals surface area (Å²) in [5.41, 5.74) is 1.21. The van der Waals surface area contributed by atoms with E-state index in [1.165, 1.54) is 24.3 Å². The maximum Gasteiger partial charge on any atom is 0.323 e. The van der Waals surface area contributed by atoms with E-state index >= 15 is 0 Å². The Morgan fingerprint density at radius 2 is 1.75 bits per heavy atom. The Balaban J connectivity index is 1.39. The number of carbonyl (C=O) groups is 2. The number of carbonyl (C=O) groups excluding carboxylic acids is 1. The molecule has 2 unspecified atom stereocenters. The van der Waals surface area contributed by atoms with Crippen LogP contribution in [-0.2, 0) is 19.6 Å². The van der Waals surface area contributed by atoms with Crippen LogP contribution in [0.15, 0.2) is 78.0 Å². The highest BCUT2D eigenvalue weighted by atomic mass is 32.2. The van der Waals surface area contributed by atoms with E-state index in [9.17, 15) is 23.1 Å². The number of nitrogens with one attached hydrogen (secondary N) is 3. The zero-order valence-corrected chi connectivity index (χ0v) is 22.9. The minimum Gasteiger partial charge on any atom is -0.480 e. The van der Waals surface area contributed by atoms with Crippen LogP contribution in [-0.4, -0.2) is 79.8 Å². The van der Waals surface area contributed by atoms with Crippen LogP contribution in [0.4, 0.5) is 11.6 Å². The van der Waals surface area contributed by atoms with Gasteiger partial charge in [-0.15, -0.1) is 0 Å². The number of anilines is 2. The Hall–Kier alpha value is -4.07. The summed E-state index contributed by atoms with van der Waals surface area (Å²) in [7, 11) is -2.40. The maximum absolute atomic E-state index is 12.8. The number of carboxylic acids is 1. The standard InChI is InChI=1S/C27H32N6O6S/c1-18-24(31-27-28-14-6-15-29-27)23(39-2)13-16-33(18)20-11-9-19(10-12-20)25(34)30-17-22(26(35)36)32-40(37,38)21-7-4-3-5-8-21/h3-12,14-15,18,22-24,32H,13,16-17H2,1-2H3,(H,30,34)(H,35,36)(H,28,29,31)/t18-,22?,23+,24?/m1/s1. The van der Waals surface area contributed by atoms with Crippen molar-refractivity contribution >= 4 is 33.5 Å². The topological polar surface area (TPSA) is 163 Å². The molecule has 40 heavy (non-hydrogen) atoms. The summed E-state index contributed by atoms with van der Waals surface area (Å²) in [5, 5.41) is 15.4. The molecule has 0 saturated carbocycles. The van der Waals surface area contributed by atoms with Crippen molar-refractivity contribution in [2.24, 2.45) is 0 Å². The van der Waals surface area contributed by atoms with Crippen molar-refractivity contribution in [2.45, 2.75) is 42.5 Å². The fourth-order valence-electron chi connectivity index (χ4n) is 4.65. The number of sulfonamides is 1. The minimum absolute atomic E-state index is 0.0103. The number of hydrogen-bond donors (Lipinski definition) is 4. The lowest BCUT2D eigenvalue weighted by Gasteiger charge is -2.45. The highest BCUT2D eigenvalue weighted by Gasteiger charge is 2.36. The minimum atomic E-state index is -4.08. The highest BCUT2D eigenvalue weighted by Crippen LogP contribution is 2.28. The van der Waals surface area contributed by atoms with Gasteiger partial charge in [0.1, 0.15) is 6.04 Å². The van der Waals surface area contributed by atoms with Crippen LogP contribution in [0.2, 0.25) is 0 Å². The third-order valence-electron chi connectivity index (χ3n) is 6.81. The number of carboxylic acid groups (broad SMARTS) is 1. The van der Waals surface area contributed by atoms with Gasteiger partial charge in [0.15, 0.2) is 0 Å². The van der Waals surface area contributed by atoms with Crippen LogP contribution in [0.25, 0.3) is 0 Å². The lowest BCUT2D eigenvalue weighted by atomic mass is 9.93. The summed E-state index contributed by atoms with van der Waals surface area (Å²) >= 11 is 0. The smallest absolute Gasteiger partial charge is 0.323 e. The molecule has 1 amide bonds. The van der Waals surface area contributed by atoms with Crippen molar-refractivity contribution < 1.29 is 27.9 Å². The van der Waals surface area contributed by atoms with E-state index in [2.05, 4.69) is 37.1 Å². The van der Waals surface area contributed by atoms with E-state index in [0.29, 0.717) is 11.5 Å². The summed E-state index contributed by atoms with van der Waals surface area (Å²) < 4.78 is 32.9. The van der Waals surface area contributed by atoms with Crippen LogP contribution in [0.5, 0.6) is 0 Å². The molecule has 2 heterocycles. The molecule has 1 saturated heterocycles. The van der Waals surface area contributed by atoms with Gasteiger partial charge in [0.25, 0.3) is 5.91 Å². The zero-order valence-electron chi connectivity index (χ0n) is 22.1. The molecule has 2 aromatic carbocycles. The Kier molecular flexibility index (Phi) is 9.30. The van der Waals surface area contributed by atoms with E-state index < -0.39 is 34.5 Å². The molecular weight excluding hydrogens is 536 g/mol. The lowest BCUT2D eigenvalue weighted by Crippen LogP contribution is -2.57. The van der Waals surface area contributed by atoms with Gasteiger partial charge in [0, 0.05) is 49.9 Å². The third-order valence-corrected chi connectivity index (χ3v) is 8.30. The lowest BCUT2D eigenvalue weighted by molar-refractivity contribution is -0.138. The van der Waals surface area contributed by atoms with Crippen LogP contribution in [0.1, 0.15) is 23.7 Å². The second-order valence-electron chi connectivity index (χ2n) is 9.32. The van der Waals surface area contributed by atoms with E-state index in [0.717, 1.165) is 18.7 Å². The summed E-state index contributed by atoms with van der Waals surface area (Å²) in [6.45, 7) is 2.38. The predicted molar refractivity (Wildman–Crippen MR) is 149 cm³/mol. The molecule has 3 aromatic rings.